The van der Waals surface area contributed by atoms with Crippen molar-refractivity contribution in [1.82, 2.24) is 0 Å². The average Bonchev–Trinajstić information content (AvgIpc) is 2.41. The summed E-state index contributed by atoms with van der Waals surface area (Å²) in [5.74, 6) is 0.807. The van der Waals surface area contributed by atoms with E-state index < -0.39 is 0 Å². The van der Waals surface area contributed by atoms with Gasteiger partial charge in [-0.15, -0.1) is 0 Å². The first-order chi connectivity index (χ1) is 9.30. The van der Waals surface area contributed by atoms with Gasteiger partial charge in [0.2, 0.25) is 0 Å². The Kier molecular flexibility index (Phi) is 9.75. The minimum atomic E-state index is 0.301. The van der Waals surface area contributed by atoms with Gasteiger partial charge in [-0.3, -0.25) is 4.79 Å². The van der Waals surface area contributed by atoms with Gasteiger partial charge in [0, 0.05) is 12.3 Å². The summed E-state index contributed by atoms with van der Waals surface area (Å²) >= 11 is 0. The van der Waals surface area contributed by atoms with Crippen LogP contribution in [0.5, 0.6) is 0 Å². The standard InChI is InChI=1S/C18H32O/c1-17-15-13-11-9-7-5-3-2-4-6-8-10-12-14-16-18(17)19/h2-3,17H,4-16H2,1H3. The summed E-state index contributed by atoms with van der Waals surface area (Å²) in [4.78, 5) is 12.0. The van der Waals surface area contributed by atoms with Crippen LogP contribution in [0, 0.1) is 5.92 Å². The Balaban J connectivity index is 2.26. The topological polar surface area (TPSA) is 17.1 Å². The predicted octanol–water partition coefficient (Wildman–Crippen LogP) is 5.83. The quantitative estimate of drug-likeness (QED) is 0.503. The van der Waals surface area contributed by atoms with Crippen LogP contribution in [0.1, 0.15) is 90.4 Å². The molecule has 1 aliphatic rings. The fraction of sp³-hybridized carbons (Fsp3) is 0.833. The molecule has 1 atom stereocenters. The second-order valence-corrected chi connectivity index (χ2v) is 6.14. The number of allylic oxidation sites excluding steroid dienone is 2. The largest absolute Gasteiger partial charge is 0.299 e. The first-order valence-electron chi connectivity index (χ1n) is 8.48. The van der Waals surface area contributed by atoms with Crippen LogP contribution in [0.15, 0.2) is 12.2 Å². The van der Waals surface area contributed by atoms with Gasteiger partial charge >= 0.3 is 0 Å². The number of hydrogen-bond donors (Lipinski definition) is 0. The molecular formula is C18H32O. The van der Waals surface area contributed by atoms with Gasteiger partial charge < -0.3 is 0 Å². The van der Waals surface area contributed by atoms with Crippen molar-refractivity contribution >= 4 is 5.78 Å². The Morgan fingerprint density at radius 3 is 2.00 bits per heavy atom. The van der Waals surface area contributed by atoms with E-state index in [-0.39, 0.29) is 0 Å². The number of carbonyl (C=O) groups is 1. The second kappa shape index (κ2) is 11.3. The van der Waals surface area contributed by atoms with E-state index in [2.05, 4.69) is 19.1 Å². The van der Waals surface area contributed by atoms with Crippen molar-refractivity contribution in [3.8, 4) is 0 Å². The van der Waals surface area contributed by atoms with Gasteiger partial charge in [0.1, 0.15) is 5.78 Å². The van der Waals surface area contributed by atoms with Crippen LogP contribution in [-0.2, 0) is 4.79 Å². The predicted molar refractivity (Wildman–Crippen MR) is 83.3 cm³/mol. The molecule has 1 nitrogen and oxygen atoms in total. The molecule has 0 aromatic rings. The van der Waals surface area contributed by atoms with E-state index in [0.29, 0.717) is 11.7 Å². The number of ketones is 1. The highest BCUT2D eigenvalue weighted by atomic mass is 16.1. The van der Waals surface area contributed by atoms with Gasteiger partial charge in [-0.1, -0.05) is 57.6 Å². The molecule has 0 saturated carbocycles. The molecule has 0 aromatic carbocycles. The fourth-order valence-electron chi connectivity index (χ4n) is 2.80. The minimum Gasteiger partial charge on any atom is -0.299 e. The molecule has 1 heteroatoms. The van der Waals surface area contributed by atoms with E-state index in [1.54, 1.807) is 0 Å². The smallest absolute Gasteiger partial charge is 0.135 e. The Hall–Kier alpha value is -0.590. The van der Waals surface area contributed by atoms with E-state index in [1.165, 1.54) is 64.2 Å². The van der Waals surface area contributed by atoms with Crippen LogP contribution < -0.4 is 0 Å². The van der Waals surface area contributed by atoms with Crippen LogP contribution >= 0.6 is 0 Å². The Bertz CT molecular complexity index is 254. The third-order valence-electron chi connectivity index (χ3n) is 4.27. The summed E-state index contributed by atoms with van der Waals surface area (Å²) in [6.07, 6.45) is 20.6. The van der Waals surface area contributed by atoms with E-state index in [9.17, 15) is 4.79 Å². The molecular weight excluding hydrogens is 232 g/mol. The van der Waals surface area contributed by atoms with Crippen molar-refractivity contribution in [3.63, 3.8) is 0 Å². The van der Waals surface area contributed by atoms with Crippen molar-refractivity contribution in [2.45, 2.75) is 90.4 Å². The molecule has 0 fully saturated rings. The van der Waals surface area contributed by atoms with Crippen LogP contribution in [0.4, 0.5) is 0 Å². The van der Waals surface area contributed by atoms with Crippen LogP contribution in [0.2, 0.25) is 0 Å². The zero-order valence-corrected chi connectivity index (χ0v) is 12.8. The Morgan fingerprint density at radius 1 is 0.789 bits per heavy atom. The zero-order chi connectivity index (χ0) is 13.8. The molecule has 0 aromatic heterocycles. The first kappa shape index (κ1) is 16.5. The molecule has 0 radical (unpaired) electrons. The number of rotatable bonds is 0. The highest BCUT2D eigenvalue weighted by Crippen LogP contribution is 2.16. The number of carbonyl (C=O) groups excluding carboxylic acids is 1. The lowest BCUT2D eigenvalue weighted by atomic mass is 9.95. The highest BCUT2D eigenvalue weighted by molar-refractivity contribution is 5.80. The van der Waals surface area contributed by atoms with Gasteiger partial charge in [-0.05, 0) is 38.5 Å². The lowest BCUT2D eigenvalue weighted by Gasteiger charge is -2.10. The third-order valence-corrected chi connectivity index (χ3v) is 4.27. The van der Waals surface area contributed by atoms with Crippen molar-refractivity contribution in [2.24, 2.45) is 5.92 Å². The first-order valence-corrected chi connectivity index (χ1v) is 8.48. The van der Waals surface area contributed by atoms with E-state index in [1.807, 2.05) is 0 Å². The summed E-state index contributed by atoms with van der Waals surface area (Å²) in [5.41, 5.74) is 0. The summed E-state index contributed by atoms with van der Waals surface area (Å²) in [5, 5.41) is 0. The monoisotopic (exact) mass is 264 g/mol. The normalized spacial score (nSPS) is 25.9. The molecule has 1 unspecified atom stereocenters. The van der Waals surface area contributed by atoms with Crippen molar-refractivity contribution < 1.29 is 4.79 Å². The molecule has 0 aliphatic heterocycles. The van der Waals surface area contributed by atoms with Gasteiger partial charge in [-0.2, -0.15) is 0 Å². The van der Waals surface area contributed by atoms with Gasteiger partial charge in [0.15, 0.2) is 0 Å². The molecule has 110 valence electrons. The zero-order valence-electron chi connectivity index (χ0n) is 12.8. The molecule has 1 rings (SSSR count). The lowest BCUT2D eigenvalue weighted by molar-refractivity contribution is -0.122. The number of Topliss-reactive ketones (excluding diaryl/α,β-unsaturated/α-hetero) is 1. The maximum absolute atomic E-state index is 12.0. The molecule has 0 heterocycles. The molecule has 0 N–H and O–H groups in total. The lowest BCUT2D eigenvalue weighted by Crippen LogP contribution is -2.10. The molecule has 19 heavy (non-hydrogen) atoms. The summed E-state index contributed by atoms with van der Waals surface area (Å²) in [7, 11) is 0. The number of hydrogen-bond acceptors (Lipinski definition) is 1. The average molecular weight is 264 g/mol. The molecule has 0 spiro atoms. The summed E-state index contributed by atoms with van der Waals surface area (Å²) < 4.78 is 0. The Labute approximate surface area is 119 Å². The maximum Gasteiger partial charge on any atom is 0.135 e. The fourth-order valence-corrected chi connectivity index (χ4v) is 2.80. The van der Waals surface area contributed by atoms with Gasteiger partial charge in [-0.25, -0.2) is 0 Å². The maximum atomic E-state index is 12.0. The van der Waals surface area contributed by atoms with E-state index in [0.717, 1.165) is 19.3 Å². The van der Waals surface area contributed by atoms with Crippen molar-refractivity contribution in [2.75, 3.05) is 0 Å². The van der Waals surface area contributed by atoms with Crippen LogP contribution in [0.25, 0.3) is 0 Å². The molecule has 0 amide bonds. The summed E-state index contributed by atoms with van der Waals surface area (Å²) in [6, 6.07) is 0. The third kappa shape index (κ3) is 9.02. The van der Waals surface area contributed by atoms with Crippen LogP contribution in [-0.4, -0.2) is 5.78 Å². The molecule has 1 aliphatic carbocycles. The second-order valence-electron chi connectivity index (χ2n) is 6.14. The van der Waals surface area contributed by atoms with Crippen molar-refractivity contribution in [1.29, 1.82) is 0 Å². The SMILES string of the molecule is CC1CCCCCCC=CCCCCCCCC1=O. The Morgan fingerprint density at radius 2 is 1.32 bits per heavy atom. The van der Waals surface area contributed by atoms with E-state index >= 15 is 0 Å². The van der Waals surface area contributed by atoms with Crippen molar-refractivity contribution in [3.05, 3.63) is 12.2 Å². The van der Waals surface area contributed by atoms with Crippen LogP contribution in [0.3, 0.4) is 0 Å². The van der Waals surface area contributed by atoms with Gasteiger partial charge in [0.25, 0.3) is 0 Å². The molecule has 0 bridgehead atoms. The summed E-state index contributed by atoms with van der Waals surface area (Å²) in [6.45, 7) is 2.12. The van der Waals surface area contributed by atoms with E-state index in [4.69, 9.17) is 0 Å². The molecule has 0 saturated heterocycles. The van der Waals surface area contributed by atoms with Gasteiger partial charge in [0.05, 0.1) is 0 Å². The highest BCUT2D eigenvalue weighted by Gasteiger charge is 2.11. The minimum absolute atomic E-state index is 0.301.